The first kappa shape index (κ1) is 25.8. The Hall–Kier alpha value is -2.81. The minimum Gasteiger partial charge on any atom is -0.390 e. The Morgan fingerprint density at radius 3 is 2.32 bits per heavy atom. The van der Waals surface area contributed by atoms with Crippen molar-refractivity contribution in [2.45, 2.75) is 48.4 Å². The maximum Gasteiger partial charge on any atom is 0.255 e. The molecule has 5 rings (SSSR count). The van der Waals surface area contributed by atoms with E-state index in [1.54, 1.807) is 37.3 Å². The van der Waals surface area contributed by atoms with Crippen LogP contribution >= 0.6 is 11.6 Å². The number of hydrogen-bond donors (Lipinski definition) is 2. The summed E-state index contributed by atoms with van der Waals surface area (Å²) >= 11 is 6.28. The van der Waals surface area contributed by atoms with Gasteiger partial charge in [-0.1, -0.05) is 41.9 Å². The molecule has 9 heteroatoms. The van der Waals surface area contributed by atoms with Crippen LogP contribution < -0.4 is 5.32 Å². The number of amides is 1. The predicted molar refractivity (Wildman–Crippen MR) is 138 cm³/mol. The van der Waals surface area contributed by atoms with Gasteiger partial charge < -0.3 is 10.4 Å². The number of carbonyl (C=O) groups is 1. The van der Waals surface area contributed by atoms with Crippen LogP contribution in [0.2, 0.25) is 5.02 Å². The molecule has 2 aliphatic rings. The molecule has 0 heterocycles. The van der Waals surface area contributed by atoms with Gasteiger partial charge in [0.25, 0.3) is 5.91 Å². The van der Waals surface area contributed by atoms with Crippen molar-refractivity contribution in [3.8, 4) is 11.1 Å². The van der Waals surface area contributed by atoms with E-state index in [0.29, 0.717) is 18.4 Å². The zero-order valence-electron chi connectivity index (χ0n) is 20.0. The summed E-state index contributed by atoms with van der Waals surface area (Å²) in [6.07, 6.45) is 2.21. The van der Waals surface area contributed by atoms with Crippen molar-refractivity contribution < 1.29 is 27.1 Å². The molecule has 2 saturated carbocycles. The van der Waals surface area contributed by atoms with Gasteiger partial charge in [-0.15, -0.1) is 0 Å². The Balaban J connectivity index is 1.42. The highest BCUT2D eigenvalue weighted by atomic mass is 35.5. The molecule has 37 heavy (non-hydrogen) atoms. The number of aliphatic hydroxyl groups is 1. The van der Waals surface area contributed by atoms with Crippen LogP contribution in [0.3, 0.4) is 0 Å². The molecule has 3 aromatic rings. The van der Waals surface area contributed by atoms with Crippen LogP contribution in [0.4, 0.5) is 14.5 Å². The van der Waals surface area contributed by atoms with Crippen molar-refractivity contribution in [3.05, 3.63) is 82.9 Å². The minimum absolute atomic E-state index is 0.000390. The number of carbonyl (C=O) groups excluding carboxylic acids is 1. The largest absolute Gasteiger partial charge is 0.390 e. The summed E-state index contributed by atoms with van der Waals surface area (Å²) in [5.41, 5.74) is -0.415. The van der Waals surface area contributed by atoms with Gasteiger partial charge >= 0.3 is 0 Å². The monoisotopic (exact) mass is 545 g/mol. The molecule has 0 aromatic heterocycles. The van der Waals surface area contributed by atoms with E-state index in [4.69, 9.17) is 11.6 Å². The molecule has 2 fully saturated rings. The molecular weight excluding hydrogens is 520 g/mol. The van der Waals surface area contributed by atoms with E-state index in [9.17, 15) is 27.1 Å². The van der Waals surface area contributed by atoms with E-state index in [2.05, 4.69) is 5.32 Å². The molecule has 2 aliphatic carbocycles. The Morgan fingerprint density at radius 1 is 1.03 bits per heavy atom. The normalized spacial score (nSPS) is 25.2. The molecule has 3 aromatic carbocycles. The Morgan fingerprint density at radius 2 is 1.68 bits per heavy atom. The van der Waals surface area contributed by atoms with Crippen molar-refractivity contribution in [1.29, 1.82) is 0 Å². The van der Waals surface area contributed by atoms with Crippen molar-refractivity contribution >= 4 is 33.0 Å². The van der Waals surface area contributed by atoms with Gasteiger partial charge in [-0.2, -0.15) is 0 Å². The Labute approximate surface area is 219 Å². The highest BCUT2D eigenvalue weighted by molar-refractivity contribution is 7.92. The number of rotatable bonds is 5. The molecule has 0 spiro atoms. The van der Waals surface area contributed by atoms with Crippen LogP contribution in [0.25, 0.3) is 11.1 Å². The summed E-state index contributed by atoms with van der Waals surface area (Å²) in [6.45, 7) is 1.78. The average Bonchev–Trinajstić information content (AvgIpc) is 3.02. The first-order chi connectivity index (χ1) is 17.5. The zero-order chi connectivity index (χ0) is 26.5. The first-order valence-corrected chi connectivity index (χ1v) is 14.0. The smallest absolute Gasteiger partial charge is 0.255 e. The number of sulfone groups is 1. The lowest BCUT2D eigenvalue weighted by atomic mass is 9.76. The van der Waals surface area contributed by atoms with Crippen LogP contribution in [0.5, 0.6) is 0 Å². The van der Waals surface area contributed by atoms with Crippen molar-refractivity contribution in [2.24, 2.45) is 11.8 Å². The average molecular weight is 546 g/mol. The predicted octanol–water partition coefficient (Wildman–Crippen LogP) is 6.25. The fourth-order valence-corrected chi connectivity index (χ4v) is 8.15. The first-order valence-electron chi connectivity index (χ1n) is 12.1. The number of halogens is 3. The highest BCUT2D eigenvalue weighted by Crippen LogP contribution is 2.51. The van der Waals surface area contributed by atoms with Crippen molar-refractivity contribution in [3.63, 3.8) is 0 Å². The van der Waals surface area contributed by atoms with Crippen LogP contribution in [-0.2, 0) is 9.84 Å². The maximum atomic E-state index is 14.5. The molecule has 0 radical (unpaired) electrons. The fraction of sp³-hybridized carbons (Fsp3) is 0.321. The summed E-state index contributed by atoms with van der Waals surface area (Å²) in [7, 11) is -3.89. The summed E-state index contributed by atoms with van der Waals surface area (Å²) in [5.74, 6) is -3.07. The van der Waals surface area contributed by atoms with E-state index in [1.807, 2.05) is 0 Å². The van der Waals surface area contributed by atoms with E-state index >= 15 is 0 Å². The van der Waals surface area contributed by atoms with E-state index < -0.39 is 38.2 Å². The van der Waals surface area contributed by atoms with Gasteiger partial charge in [0.2, 0.25) is 0 Å². The Bertz CT molecular complexity index is 1460. The molecular formula is C28H26ClF2NO4S. The van der Waals surface area contributed by atoms with E-state index in [0.717, 1.165) is 18.9 Å². The van der Waals surface area contributed by atoms with Crippen LogP contribution in [0, 0.1) is 23.5 Å². The number of hydrogen-bond acceptors (Lipinski definition) is 4. The number of nitrogens with one attached hydrogen (secondary N) is 1. The second kappa shape index (κ2) is 9.49. The van der Waals surface area contributed by atoms with E-state index in [1.165, 1.54) is 24.3 Å². The summed E-state index contributed by atoms with van der Waals surface area (Å²) < 4.78 is 55.9. The summed E-state index contributed by atoms with van der Waals surface area (Å²) in [4.78, 5) is 12.9. The van der Waals surface area contributed by atoms with Gasteiger partial charge in [0, 0.05) is 22.9 Å². The van der Waals surface area contributed by atoms with Gasteiger partial charge in [0.05, 0.1) is 20.8 Å². The number of fused-ring (bicyclic) bond motifs is 2. The lowest BCUT2D eigenvalue weighted by Gasteiger charge is -2.40. The molecule has 0 aliphatic heterocycles. The molecule has 0 saturated heterocycles. The quantitative estimate of drug-likeness (QED) is 0.397. The summed E-state index contributed by atoms with van der Waals surface area (Å²) in [6, 6.07) is 14.5. The number of benzene rings is 3. The molecule has 2 bridgehead atoms. The zero-order valence-corrected chi connectivity index (χ0v) is 21.6. The lowest BCUT2D eigenvalue weighted by Crippen LogP contribution is -2.45. The molecule has 4 atom stereocenters. The fourth-order valence-electron chi connectivity index (χ4n) is 5.75. The highest BCUT2D eigenvalue weighted by Gasteiger charge is 2.53. The third-order valence-corrected chi connectivity index (χ3v) is 10.6. The standard InChI is InChI=1S/C28H26ClF2NO4S/c1-28(34)18-8-9-19(28)13-21(12-18)37(35,36)25-11-17(7-10-23(25)29)27(33)32-20-14-22(26(31)24(30)15-20)16-5-3-2-4-6-16/h2-7,10-11,14-15,18-19,21,34H,8-9,12-13H2,1H3,(H,32,33)/t18-,19?,21-,28-/m1/s1. The second-order valence-corrected chi connectivity index (χ2v) is 12.7. The minimum atomic E-state index is -3.89. The SMILES string of the molecule is C[C@]1(O)C2CC[C@@H]1C[C@@H](S(=O)(=O)c1cc(C(=O)Nc3cc(F)c(F)c(-c4ccccc4)c3)ccc1Cl)C2. The van der Waals surface area contributed by atoms with Crippen LogP contribution in [0.15, 0.2) is 65.6 Å². The van der Waals surface area contributed by atoms with Crippen LogP contribution in [0.1, 0.15) is 43.0 Å². The molecule has 1 amide bonds. The molecule has 194 valence electrons. The third kappa shape index (κ3) is 4.67. The van der Waals surface area contributed by atoms with Gasteiger partial charge in [-0.25, -0.2) is 17.2 Å². The second-order valence-electron chi connectivity index (χ2n) is 10.1. The van der Waals surface area contributed by atoms with Gasteiger partial charge in [0.15, 0.2) is 21.5 Å². The van der Waals surface area contributed by atoms with Gasteiger partial charge in [-0.3, -0.25) is 4.79 Å². The number of anilines is 1. The Kier molecular flexibility index (Phi) is 6.63. The van der Waals surface area contributed by atoms with Crippen molar-refractivity contribution in [1.82, 2.24) is 0 Å². The third-order valence-electron chi connectivity index (χ3n) is 7.92. The van der Waals surface area contributed by atoms with Gasteiger partial charge in [0.1, 0.15) is 0 Å². The van der Waals surface area contributed by atoms with Gasteiger partial charge in [-0.05, 0) is 74.3 Å². The van der Waals surface area contributed by atoms with Crippen molar-refractivity contribution in [2.75, 3.05) is 5.32 Å². The summed E-state index contributed by atoms with van der Waals surface area (Å²) in [5, 5.41) is 12.6. The maximum absolute atomic E-state index is 14.5. The molecule has 5 nitrogen and oxygen atoms in total. The molecule has 2 N–H and O–H groups in total. The topological polar surface area (TPSA) is 83.5 Å². The lowest BCUT2D eigenvalue weighted by molar-refractivity contribution is -0.0413. The van der Waals surface area contributed by atoms with E-state index in [-0.39, 0.29) is 38.6 Å². The molecule has 1 unspecified atom stereocenters. The van der Waals surface area contributed by atoms with Crippen LogP contribution in [-0.4, -0.2) is 30.3 Å².